The minimum absolute atomic E-state index is 0.00490. The first-order valence-electron chi connectivity index (χ1n) is 8.37. The molecule has 0 bridgehead atoms. The zero-order chi connectivity index (χ0) is 17.8. The minimum atomic E-state index is -0.354. The van der Waals surface area contributed by atoms with Crippen LogP contribution in [-0.4, -0.2) is 52.2 Å². The van der Waals surface area contributed by atoms with Gasteiger partial charge in [-0.15, -0.1) is 0 Å². The van der Waals surface area contributed by atoms with Crippen molar-refractivity contribution in [2.45, 2.75) is 19.5 Å². The monoisotopic (exact) mass is 341 g/mol. The van der Waals surface area contributed by atoms with Gasteiger partial charge in [-0.05, 0) is 11.1 Å². The maximum Gasteiger partial charge on any atom is 0.239 e. The number of carbonyl (C=O) groups excluding carboxylic acids is 2. The van der Waals surface area contributed by atoms with Gasteiger partial charge in [-0.2, -0.15) is 5.10 Å². The molecule has 1 fully saturated rings. The Morgan fingerprint density at radius 1 is 1.28 bits per heavy atom. The van der Waals surface area contributed by atoms with Crippen molar-refractivity contribution >= 4 is 11.8 Å². The highest BCUT2D eigenvalue weighted by Crippen LogP contribution is 2.18. The quantitative estimate of drug-likeness (QED) is 0.850. The van der Waals surface area contributed by atoms with Crippen LogP contribution in [0.3, 0.4) is 0 Å². The molecule has 2 N–H and O–H groups in total. The van der Waals surface area contributed by atoms with E-state index in [-0.39, 0.29) is 17.9 Å². The number of rotatable bonds is 4. The van der Waals surface area contributed by atoms with E-state index in [2.05, 4.69) is 15.7 Å². The topological polar surface area (TPSA) is 79.3 Å². The van der Waals surface area contributed by atoms with Crippen LogP contribution in [-0.2, 0) is 23.2 Å². The average Bonchev–Trinajstić information content (AvgIpc) is 3.06. The van der Waals surface area contributed by atoms with Crippen molar-refractivity contribution in [2.24, 2.45) is 7.05 Å². The predicted molar refractivity (Wildman–Crippen MR) is 94.5 cm³/mol. The van der Waals surface area contributed by atoms with Gasteiger partial charge in [0, 0.05) is 51.9 Å². The molecule has 7 heteroatoms. The third-order valence-corrected chi connectivity index (χ3v) is 4.40. The fourth-order valence-electron chi connectivity index (χ4n) is 2.91. The van der Waals surface area contributed by atoms with Gasteiger partial charge in [-0.1, -0.05) is 24.3 Å². The molecular formula is C18H23N5O2. The van der Waals surface area contributed by atoms with E-state index in [1.165, 1.54) is 6.92 Å². The summed E-state index contributed by atoms with van der Waals surface area (Å²) >= 11 is 0. The molecule has 1 aliphatic rings. The summed E-state index contributed by atoms with van der Waals surface area (Å²) in [5, 5.41) is 10.3. The summed E-state index contributed by atoms with van der Waals surface area (Å²) in [4.78, 5) is 25.5. The third-order valence-electron chi connectivity index (χ3n) is 4.40. The zero-order valence-electron chi connectivity index (χ0n) is 14.5. The van der Waals surface area contributed by atoms with Crippen LogP contribution in [0.2, 0.25) is 0 Å². The fourth-order valence-corrected chi connectivity index (χ4v) is 2.91. The molecule has 0 aliphatic carbocycles. The Bertz CT molecular complexity index is 753. The van der Waals surface area contributed by atoms with E-state index in [0.717, 1.165) is 16.7 Å². The number of aryl methyl sites for hydroxylation is 1. The van der Waals surface area contributed by atoms with Gasteiger partial charge in [0.25, 0.3) is 0 Å². The van der Waals surface area contributed by atoms with Crippen molar-refractivity contribution in [1.29, 1.82) is 0 Å². The first-order chi connectivity index (χ1) is 12.0. The summed E-state index contributed by atoms with van der Waals surface area (Å²) in [5.41, 5.74) is 3.18. The normalized spacial score (nSPS) is 17.4. The van der Waals surface area contributed by atoms with E-state index >= 15 is 0 Å². The first kappa shape index (κ1) is 17.2. The number of nitrogens with one attached hydrogen (secondary N) is 2. The van der Waals surface area contributed by atoms with Crippen molar-refractivity contribution in [3.63, 3.8) is 0 Å². The van der Waals surface area contributed by atoms with Crippen molar-refractivity contribution in [3.8, 4) is 11.1 Å². The molecule has 132 valence electrons. The van der Waals surface area contributed by atoms with Gasteiger partial charge in [-0.25, -0.2) is 0 Å². The van der Waals surface area contributed by atoms with Gasteiger partial charge in [-0.3, -0.25) is 14.3 Å². The molecule has 1 atom stereocenters. The summed E-state index contributed by atoms with van der Waals surface area (Å²) in [5.74, 6) is -0.0763. The lowest BCUT2D eigenvalue weighted by Crippen LogP contribution is -2.57. The largest absolute Gasteiger partial charge is 0.351 e. The molecule has 25 heavy (non-hydrogen) atoms. The lowest BCUT2D eigenvalue weighted by atomic mass is 10.1. The Labute approximate surface area is 147 Å². The smallest absolute Gasteiger partial charge is 0.239 e. The van der Waals surface area contributed by atoms with Gasteiger partial charge < -0.3 is 15.5 Å². The number of piperazine rings is 1. The summed E-state index contributed by atoms with van der Waals surface area (Å²) in [7, 11) is 1.89. The standard InChI is InChI=1S/C18H23N5O2/c1-13(24)23-8-7-19-17(12-23)18(25)20-9-14-3-5-15(6-4-14)16-10-21-22(2)11-16/h3-6,10-11,17,19H,7-9,12H2,1-2H3,(H,20,25). The van der Waals surface area contributed by atoms with E-state index in [1.54, 1.807) is 9.58 Å². The van der Waals surface area contributed by atoms with Gasteiger partial charge >= 0.3 is 0 Å². The average molecular weight is 341 g/mol. The molecule has 2 aromatic rings. The minimum Gasteiger partial charge on any atom is -0.351 e. The highest BCUT2D eigenvalue weighted by Gasteiger charge is 2.26. The first-order valence-corrected chi connectivity index (χ1v) is 8.37. The molecule has 1 aromatic carbocycles. The maximum absolute atomic E-state index is 12.3. The van der Waals surface area contributed by atoms with Crippen LogP contribution in [0.4, 0.5) is 0 Å². The van der Waals surface area contributed by atoms with Gasteiger partial charge in [0.05, 0.1) is 6.20 Å². The zero-order valence-corrected chi connectivity index (χ0v) is 14.5. The molecule has 7 nitrogen and oxygen atoms in total. The van der Waals surface area contributed by atoms with Crippen molar-refractivity contribution < 1.29 is 9.59 Å². The molecule has 1 aromatic heterocycles. The molecule has 0 radical (unpaired) electrons. The summed E-state index contributed by atoms with van der Waals surface area (Å²) in [6.45, 7) is 3.70. The Morgan fingerprint density at radius 2 is 2.04 bits per heavy atom. The third kappa shape index (κ3) is 4.24. The molecule has 2 heterocycles. The molecule has 1 saturated heterocycles. The molecule has 2 amide bonds. The summed E-state index contributed by atoms with van der Waals surface area (Å²) in [6.07, 6.45) is 3.79. The second-order valence-electron chi connectivity index (χ2n) is 6.29. The maximum atomic E-state index is 12.3. The lowest BCUT2D eigenvalue weighted by Gasteiger charge is -2.32. The molecule has 1 unspecified atom stereocenters. The number of aromatic nitrogens is 2. The molecular weight excluding hydrogens is 318 g/mol. The Morgan fingerprint density at radius 3 is 2.68 bits per heavy atom. The number of hydrogen-bond acceptors (Lipinski definition) is 4. The van der Waals surface area contributed by atoms with Crippen LogP contribution < -0.4 is 10.6 Å². The Hall–Kier alpha value is -2.67. The Balaban J connectivity index is 1.54. The second kappa shape index (κ2) is 7.48. The van der Waals surface area contributed by atoms with Crippen LogP contribution in [0.1, 0.15) is 12.5 Å². The van der Waals surface area contributed by atoms with Crippen LogP contribution in [0.25, 0.3) is 11.1 Å². The Kier molecular flexibility index (Phi) is 5.14. The molecule has 0 saturated carbocycles. The van der Waals surface area contributed by atoms with Crippen LogP contribution in [0, 0.1) is 0 Å². The molecule has 0 spiro atoms. The summed E-state index contributed by atoms with van der Waals surface area (Å²) < 4.78 is 1.77. The SMILES string of the molecule is CC(=O)N1CCNC(C(=O)NCc2ccc(-c3cnn(C)c3)cc2)C1. The number of nitrogens with zero attached hydrogens (tertiary/aromatic N) is 3. The predicted octanol–water partition coefficient (Wildman–Crippen LogP) is 0.524. The highest BCUT2D eigenvalue weighted by molar-refractivity contribution is 5.83. The van der Waals surface area contributed by atoms with E-state index < -0.39 is 0 Å². The van der Waals surface area contributed by atoms with Gasteiger partial charge in [0.1, 0.15) is 6.04 Å². The molecule has 3 rings (SSSR count). The highest BCUT2D eigenvalue weighted by atomic mass is 16.2. The van der Waals surface area contributed by atoms with E-state index in [4.69, 9.17) is 0 Å². The number of hydrogen-bond donors (Lipinski definition) is 2. The van der Waals surface area contributed by atoms with E-state index in [9.17, 15) is 9.59 Å². The lowest BCUT2D eigenvalue weighted by molar-refractivity contribution is -0.132. The van der Waals surface area contributed by atoms with Crippen molar-refractivity contribution in [1.82, 2.24) is 25.3 Å². The van der Waals surface area contributed by atoms with Gasteiger partial charge in [0.2, 0.25) is 11.8 Å². The van der Waals surface area contributed by atoms with E-state index in [0.29, 0.717) is 26.2 Å². The number of carbonyl (C=O) groups is 2. The number of benzene rings is 1. The molecule has 1 aliphatic heterocycles. The van der Waals surface area contributed by atoms with Gasteiger partial charge in [0.15, 0.2) is 0 Å². The van der Waals surface area contributed by atoms with Crippen LogP contribution in [0.5, 0.6) is 0 Å². The van der Waals surface area contributed by atoms with Crippen LogP contribution in [0.15, 0.2) is 36.7 Å². The van der Waals surface area contributed by atoms with Crippen molar-refractivity contribution in [3.05, 3.63) is 42.2 Å². The fraction of sp³-hybridized carbons (Fsp3) is 0.389. The number of amides is 2. The second-order valence-corrected chi connectivity index (χ2v) is 6.29. The summed E-state index contributed by atoms with van der Waals surface area (Å²) in [6, 6.07) is 7.69. The van der Waals surface area contributed by atoms with Crippen LogP contribution >= 0.6 is 0 Å². The van der Waals surface area contributed by atoms with E-state index in [1.807, 2.05) is 43.7 Å². The van der Waals surface area contributed by atoms with Crippen molar-refractivity contribution in [2.75, 3.05) is 19.6 Å².